The van der Waals surface area contributed by atoms with Crippen molar-refractivity contribution in [3.05, 3.63) is 48.2 Å². The molecule has 116 valence electrons. The van der Waals surface area contributed by atoms with Gasteiger partial charge in [0.05, 0.1) is 5.69 Å². The summed E-state index contributed by atoms with van der Waals surface area (Å²) < 4.78 is 27.5. The Bertz CT molecular complexity index is 771. The number of aromatic nitrogens is 1. The number of para-hydroxylation sites is 1. The van der Waals surface area contributed by atoms with Gasteiger partial charge in [0.2, 0.25) is 0 Å². The predicted octanol–water partition coefficient (Wildman–Crippen LogP) is 2.58. The van der Waals surface area contributed by atoms with Gasteiger partial charge >= 0.3 is 0 Å². The number of sulfonamides is 1. The molecule has 5 nitrogen and oxygen atoms in total. The molecule has 1 heterocycles. The highest BCUT2D eigenvalue weighted by atomic mass is 32.2. The van der Waals surface area contributed by atoms with Crippen molar-refractivity contribution >= 4 is 21.5 Å². The van der Waals surface area contributed by atoms with Crippen molar-refractivity contribution in [1.82, 2.24) is 4.98 Å². The van der Waals surface area contributed by atoms with Gasteiger partial charge in [0.1, 0.15) is 10.7 Å². The first-order valence-electron chi connectivity index (χ1n) is 7.28. The zero-order valence-electron chi connectivity index (χ0n) is 12.4. The van der Waals surface area contributed by atoms with Crippen LogP contribution in [0, 0.1) is 12.8 Å². The molecule has 0 saturated heterocycles. The zero-order chi connectivity index (χ0) is 15.7. The minimum absolute atomic E-state index is 0.184. The van der Waals surface area contributed by atoms with Gasteiger partial charge < -0.3 is 5.73 Å². The number of aryl methyl sites for hydroxylation is 1. The van der Waals surface area contributed by atoms with E-state index in [2.05, 4.69) is 4.98 Å². The van der Waals surface area contributed by atoms with Crippen molar-refractivity contribution in [1.29, 1.82) is 0 Å². The molecule has 1 fully saturated rings. The van der Waals surface area contributed by atoms with E-state index in [9.17, 15) is 8.42 Å². The van der Waals surface area contributed by atoms with Crippen LogP contribution < -0.4 is 10.0 Å². The number of pyridine rings is 1. The van der Waals surface area contributed by atoms with Crippen LogP contribution >= 0.6 is 0 Å². The number of nitrogens with zero attached hydrogens (tertiary/aromatic N) is 2. The van der Waals surface area contributed by atoms with Gasteiger partial charge in [0, 0.05) is 12.7 Å². The molecular weight excluding hydrogens is 298 g/mol. The molecule has 2 aromatic rings. The van der Waals surface area contributed by atoms with Gasteiger partial charge in [-0.2, -0.15) is 0 Å². The maximum Gasteiger partial charge on any atom is 0.265 e. The quantitative estimate of drug-likeness (QED) is 0.919. The van der Waals surface area contributed by atoms with Gasteiger partial charge in [-0.3, -0.25) is 4.31 Å². The Morgan fingerprint density at radius 2 is 1.95 bits per heavy atom. The van der Waals surface area contributed by atoms with E-state index in [0.29, 0.717) is 29.5 Å². The fraction of sp³-hybridized carbons (Fsp3) is 0.312. The lowest BCUT2D eigenvalue weighted by molar-refractivity contribution is 0.587. The summed E-state index contributed by atoms with van der Waals surface area (Å²) in [6.45, 7) is 2.27. The number of hydrogen-bond donors (Lipinski definition) is 1. The van der Waals surface area contributed by atoms with Gasteiger partial charge in [-0.25, -0.2) is 13.4 Å². The summed E-state index contributed by atoms with van der Waals surface area (Å²) in [6.07, 6.45) is 3.50. The molecule has 3 rings (SSSR count). The second-order valence-corrected chi connectivity index (χ2v) is 7.55. The fourth-order valence-corrected chi connectivity index (χ4v) is 3.87. The van der Waals surface area contributed by atoms with Crippen LogP contribution in [0.4, 0.5) is 11.5 Å². The molecule has 1 aromatic heterocycles. The molecule has 1 saturated carbocycles. The molecule has 0 radical (unpaired) electrons. The standard InChI is InChI=1S/C16H19N3O2S/c1-12-9-15(10-18-16(12)17)22(20,21)19(11-13-7-8-13)14-5-3-2-4-6-14/h2-6,9-10,13H,7-8,11H2,1H3,(H2,17,18). The Kier molecular flexibility index (Phi) is 3.78. The van der Waals surface area contributed by atoms with E-state index in [1.165, 1.54) is 10.5 Å². The third-order valence-corrected chi connectivity index (χ3v) is 5.61. The molecule has 6 heteroatoms. The number of benzene rings is 1. The monoisotopic (exact) mass is 317 g/mol. The Balaban J connectivity index is 2.03. The number of hydrogen-bond acceptors (Lipinski definition) is 4. The summed E-state index contributed by atoms with van der Waals surface area (Å²) in [4.78, 5) is 4.17. The maximum atomic E-state index is 13.0. The number of rotatable bonds is 5. The first-order chi connectivity index (χ1) is 10.5. The van der Waals surface area contributed by atoms with Crippen LogP contribution in [0.1, 0.15) is 18.4 Å². The van der Waals surface area contributed by atoms with E-state index in [0.717, 1.165) is 12.8 Å². The van der Waals surface area contributed by atoms with Crippen molar-refractivity contribution in [2.24, 2.45) is 5.92 Å². The van der Waals surface area contributed by atoms with Crippen molar-refractivity contribution in [3.8, 4) is 0 Å². The number of nitrogen functional groups attached to an aromatic ring is 1. The molecule has 2 N–H and O–H groups in total. The van der Waals surface area contributed by atoms with Crippen LogP contribution in [-0.4, -0.2) is 19.9 Å². The van der Waals surface area contributed by atoms with Crippen molar-refractivity contribution in [2.75, 3.05) is 16.6 Å². The van der Waals surface area contributed by atoms with Crippen molar-refractivity contribution in [2.45, 2.75) is 24.7 Å². The van der Waals surface area contributed by atoms with Crippen molar-refractivity contribution in [3.63, 3.8) is 0 Å². The normalized spacial score (nSPS) is 14.8. The maximum absolute atomic E-state index is 13.0. The minimum Gasteiger partial charge on any atom is -0.383 e. The average Bonchev–Trinajstić information content (AvgIpc) is 3.32. The number of anilines is 2. The highest BCUT2D eigenvalue weighted by Gasteiger charge is 2.32. The SMILES string of the molecule is Cc1cc(S(=O)(=O)N(CC2CC2)c2ccccc2)cnc1N. The molecule has 0 atom stereocenters. The van der Waals surface area contributed by atoms with Gasteiger partial charge in [0.15, 0.2) is 0 Å². The summed E-state index contributed by atoms with van der Waals surface area (Å²) in [5, 5.41) is 0. The Morgan fingerprint density at radius 3 is 2.55 bits per heavy atom. The van der Waals surface area contributed by atoms with Gasteiger partial charge in [-0.1, -0.05) is 18.2 Å². The van der Waals surface area contributed by atoms with E-state index < -0.39 is 10.0 Å². The molecule has 1 aliphatic carbocycles. The molecule has 0 aliphatic heterocycles. The van der Waals surface area contributed by atoms with Crippen LogP contribution in [0.3, 0.4) is 0 Å². The first-order valence-corrected chi connectivity index (χ1v) is 8.72. The van der Waals surface area contributed by atoms with E-state index in [1.807, 2.05) is 30.3 Å². The lowest BCUT2D eigenvalue weighted by Crippen LogP contribution is -2.33. The average molecular weight is 317 g/mol. The highest BCUT2D eigenvalue weighted by molar-refractivity contribution is 7.92. The smallest absolute Gasteiger partial charge is 0.265 e. The Morgan fingerprint density at radius 1 is 1.27 bits per heavy atom. The molecule has 0 spiro atoms. The summed E-state index contributed by atoms with van der Waals surface area (Å²) in [5.41, 5.74) is 7.04. The highest BCUT2D eigenvalue weighted by Crippen LogP contribution is 2.34. The van der Waals surface area contributed by atoms with Crippen LogP contribution in [0.15, 0.2) is 47.5 Å². The zero-order valence-corrected chi connectivity index (χ0v) is 13.3. The van der Waals surface area contributed by atoms with Crippen LogP contribution in [0.2, 0.25) is 0 Å². The van der Waals surface area contributed by atoms with Crippen LogP contribution in [0.5, 0.6) is 0 Å². The minimum atomic E-state index is -3.63. The van der Waals surface area contributed by atoms with Gasteiger partial charge in [0.25, 0.3) is 10.0 Å². The summed E-state index contributed by atoms with van der Waals surface area (Å²) >= 11 is 0. The lowest BCUT2D eigenvalue weighted by atomic mass is 10.3. The summed E-state index contributed by atoms with van der Waals surface area (Å²) in [7, 11) is -3.63. The molecule has 22 heavy (non-hydrogen) atoms. The third-order valence-electron chi connectivity index (χ3n) is 3.85. The second kappa shape index (κ2) is 5.61. The second-order valence-electron chi connectivity index (χ2n) is 5.69. The Labute approximate surface area is 130 Å². The largest absolute Gasteiger partial charge is 0.383 e. The topological polar surface area (TPSA) is 76.3 Å². The van der Waals surface area contributed by atoms with Crippen molar-refractivity contribution < 1.29 is 8.42 Å². The first kappa shape index (κ1) is 14.8. The van der Waals surface area contributed by atoms with Crippen LogP contribution in [-0.2, 0) is 10.0 Å². The van der Waals surface area contributed by atoms with E-state index >= 15 is 0 Å². The third kappa shape index (κ3) is 2.92. The predicted molar refractivity (Wildman–Crippen MR) is 87.1 cm³/mol. The molecule has 0 bridgehead atoms. The van der Waals surface area contributed by atoms with E-state index in [-0.39, 0.29) is 4.90 Å². The summed E-state index contributed by atoms with van der Waals surface area (Å²) in [6, 6.07) is 10.8. The van der Waals surface area contributed by atoms with Gasteiger partial charge in [-0.05, 0) is 49.4 Å². The van der Waals surface area contributed by atoms with E-state index in [1.54, 1.807) is 13.0 Å². The Hall–Kier alpha value is -2.08. The summed E-state index contributed by atoms with van der Waals surface area (Å²) in [5.74, 6) is 0.797. The number of nitrogens with two attached hydrogens (primary N) is 1. The van der Waals surface area contributed by atoms with E-state index in [4.69, 9.17) is 5.73 Å². The molecular formula is C16H19N3O2S. The molecule has 0 unspecified atom stereocenters. The molecule has 0 amide bonds. The fourth-order valence-electron chi connectivity index (χ4n) is 2.30. The van der Waals surface area contributed by atoms with Crippen LogP contribution in [0.25, 0.3) is 0 Å². The lowest BCUT2D eigenvalue weighted by Gasteiger charge is -2.24. The molecule has 1 aliphatic rings. The van der Waals surface area contributed by atoms with Gasteiger partial charge in [-0.15, -0.1) is 0 Å². The molecule has 1 aromatic carbocycles.